The van der Waals surface area contributed by atoms with E-state index in [2.05, 4.69) is 111 Å². The van der Waals surface area contributed by atoms with Crippen molar-refractivity contribution in [3.05, 3.63) is 96.6 Å². The third-order valence-electron chi connectivity index (χ3n) is 5.54. The van der Waals surface area contributed by atoms with Crippen molar-refractivity contribution in [2.45, 2.75) is 70.6 Å². The Labute approximate surface area is 178 Å². The van der Waals surface area contributed by atoms with E-state index in [0.29, 0.717) is 24.2 Å². The first-order valence-electron chi connectivity index (χ1n) is 11.0. The molecule has 2 N–H and O–H groups in total. The largest absolute Gasteiger partial charge is 0.306 e. The maximum absolute atomic E-state index is 3.93. The zero-order valence-electron chi connectivity index (χ0n) is 18.4. The normalized spacial score (nSPS) is 15.7. The Morgan fingerprint density at radius 3 is 1.83 bits per heavy atom. The molecule has 0 saturated carbocycles. The average Bonchev–Trinajstić information content (AvgIpc) is 2.77. The lowest BCUT2D eigenvalue weighted by Gasteiger charge is -2.33. The van der Waals surface area contributed by atoms with Crippen LogP contribution in [0.3, 0.4) is 0 Å². The Morgan fingerprint density at radius 1 is 0.828 bits per heavy atom. The Balaban J connectivity index is 2.17. The van der Waals surface area contributed by atoms with Gasteiger partial charge in [0.15, 0.2) is 0 Å². The maximum Gasteiger partial charge on any atom is 0.0295 e. The number of benzene rings is 2. The van der Waals surface area contributed by atoms with Gasteiger partial charge in [0, 0.05) is 24.2 Å². The number of unbranched alkanes of at least 4 members (excludes halogenated alkanes) is 1. The summed E-state index contributed by atoms with van der Waals surface area (Å²) in [7, 11) is 0. The fourth-order valence-electron chi connectivity index (χ4n) is 3.81. The first-order valence-corrected chi connectivity index (χ1v) is 11.0. The van der Waals surface area contributed by atoms with Crippen molar-refractivity contribution in [1.82, 2.24) is 10.6 Å². The lowest BCUT2D eigenvalue weighted by atomic mass is 9.95. The minimum atomic E-state index is 0.302. The van der Waals surface area contributed by atoms with Crippen molar-refractivity contribution in [2.24, 2.45) is 0 Å². The van der Waals surface area contributed by atoms with E-state index in [1.165, 1.54) is 24.0 Å². The third kappa shape index (κ3) is 8.00. The van der Waals surface area contributed by atoms with Crippen LogP contribution in [0.25, 0.3) is 0 Å². The maximum atomic E-state index is 3.93. The van der Waals surface area contributed by atoms with Gasteiger partial charge in [0.05, 0.1) is 0 Å². The van der Waals surface area contributed by atoms with E-state index in [1.807, 2.05) is 6.08 Å². The molecule has 0 amide bonds. The number of rotatable bonds is 13. The molecular weight excluding hydrogens is 352 g/mol. The smallest absolute Gasteiger partial charge is 0.0295 e. The number of hydrogen-bond donors (Lipinski definition) is 2. The topological polar surface area (TPSA) is 24.1 Å². The van der Waals surface area contributed by atoms with Gasteiger partial charge in [-0.15, -0.1) is 0 Å². The summed E-state index contributed by atoms with van der Waals surface area (Å²) in [6.45, 7) is 10.6. The highest BCUT2D eigenvalue weighted by Crippen LogP contribution is 2.20. The summed E-state index contributed by atoms with van der Waals surface area (Å²) in [4.78, 5) is 0. The zero-order chi connectivity index (χ0) is 20.9. The van der Waals surface area contributed by atoms with Crippen LogP contribution in [0, 0.1) is 0 Å². The highest BCUT2D eigenvalue weighted by molar-refractivity contribution is 5.20. The molecule has 0 aromatic heterocycles. The Hall–Kier alpha value is -2.16. The summed E-state index contributed by atoms with van der Waals surface area (Å²) in [5.41, 5.74) is 2.67. The van der Waals surface area contributed by atoms with Crippen molar-refractivity contribution in [1.29, 1.82) is 0 Å². The van der Waals surface area contributed by atoms with Gasteiger partial charge in [-0.2, -0.15) is 0 Å². The molecule has 156 valence electrons. The highest BCUT2D eigenvalue weighted by Gasteiger charge is 2.24. The van der Waals surface area contributed by atoms with Gasteiger partial charge < -0.3 is 10.6 Å². The molecule has 0 unspecified atom stereocenters. The molecule has 2 aromatic rings. The standard InChI is InChI=1S/C27H38N2/c1-5-7-11-21-27(29-23(4)25-18-14-10-15-19-25)26(20-8-6-2)28-22(3)24-16-12-9-13-17-24/h5,7,9-19,22-23,26-29H,1,6,8,20-21H2,2-4H3/b11-7+/t22-,23-,26+,27+/m0/s1. The van der Waals surface area contributed by atoms with E-state index < -0.39 is 0 Å². The van der Waals surface area contributed by atoms with Crippen LogP contribution >= 0.6 is 0 Å². The molecule has 29 heavy (non-hydrogen) atoms. The van der Waals surface area contributed by atoms with Crippen LogP contribution < -0.4 is 10.6 Å². The van der Waals surface area contributed by atoms with Crippen LogP contribution in [-0.2, 0) is 0 Å². The molecule has 0 aliphatic rings. The Kier molecular flexibility index (Phi) is 10.5. The van der Waals surface area contributed by atoms with Crippen molar-refractivity contribution >= 4 is 0 Å². The van der Waals surface area contributed by atoms with Crippen LogP contribution in [0.5, 0.6) is 0 Å². The van der Waals surface area contributed by atoms with Crippen LogP contribution in [-0.4, -0.2) is 12.1 Å². The van der Waals surface area contributed by atoms with Crippen molar-refractivity contribution in [2.75, 3.05) is 0 Å². The fraction of sp³-hybridized carbons (Fsp3) is 0.407. The lowest BCUT2D eigenvalue weighted by molar-refractivity contribution is 0.304. The SMILES string of the molecule is C=C/C=C/C[C@@H](N[C@@H](C)c1ccccc1)[C@@H](CCCC)N[C@@H](C)c1ccccc1. The van der Waals surface area contributed by atoms with Crippen molar-refractivity contribution in [3.63, 3.8) is 0 Å². The van der Waals surface area contributed by atoms with Crippen molar-refractivity contribution in [3.8, 4) is 0 Å². The van der Waals surface area contributed by atoms with Gasteiger partial charge in [-0.1, -0.05) is 105 Å². The second-order valence-corrected chi connectivity index (χ2v) is 7.85. The van der Waals surface area contributed by atoms with Gasteiger partial charge in [0.25, 0.3) is 0 Å². The minimum Gasteiger partial charge on any atom is -0.306 e. The zero-order valence-corrected chi connectivity index (χ0v) is 18.4. The molecule has 2 aromatic carbocycles. The summed E-state index contributed by atoms with van der Waals surface area (Å²) in [5, 5.41) is 7.84. The van der Waals surface area contributed by atoms with E-state index in [0.717, 1.165) is 12.8 Å². The number of allylic oxidation sites excluding steroid dienone is 2. The quantitative estimate of drug-likeness (QED) is 0.370. The minimum absolute atomic E-state index is 0.302. The molecule has 0 aliphatic heterocycles. The Bertz CT molecular complexity index is 708. The molecule has 0 radical (unpaired) electrons. The number of hydrogen-bond acceptors (Lipinski definition) is 2. The van der Waals surface area contributed by atoms with E-state index >= 15 is 0 Å². The van der Waals surface area contributed by atoms with Crippen LogP contribution in [0.4, 0.5) is 0 Å². The predicted molar refractivity (Wildman–Crippen MR) is 127 cm³/mol. The summed E-state index contributed by atoms with van der Waals surface area (Å²) >= 11 is 0. The highest BCUT2D eigenvalue weighted by atomic mass is 15.1. The second kappa shape index (κ2) is 13.1. The molecule has 2 nitrogen and oxygen atoms in total. The van der Waals surface area contributed by atoms with Gasteiger partial charge in [-0.05, 0) is 37.8 Å². The van der Waals surface area contributed by atoms with Gasteiger partial charge in [0.1, 0.15) is 0 Å². The van der Waals surface area contributed by atoms with Crippen LogP contribution in [0.2, 0.25) is 0 Å². The van der Waals surface area contributed by atoms with E-state index in [4.69, 9.17) is 0 Å². The molecule has 0 spiro atoms. The van der Waals surface area contributed by atoms with Crippen LogP contribution in [0.1, 0.15) is 69.7 Å². The molecule has 0 bridgehead atoms. The lowest BCUT2D eigenvalue weighted by Crippen LogP contribution is -2.49. The molecule has 2 rings (SSSR count). The summed E-state index contributed by atoms with van der Waals surface area (Å²) in [6, 6.07) is 22.8. The Morgan fingerprint density at radius 2 is 1.34 bits per heavy atom. The summed E-state index contributed by atoms with van der Waals surface area (Å²) < 4.78 is 0. The van der Waals surface area contributed by atoms with Gasteiger partial charge in [-0.3, -0.25) is 0 Å². The molecule has 4 atom stereocenters. The predicted octanol–water partition coefficient (Wildman–Crippen LogP) is 6.75. The monoisotopic (exact) mass is 390 g/mol. The molecule has 0 fully saturated rings. The van der Waals surface area contributed by atoms with Crippen molar-refractivity contribution < 1.29 is 0 Å². The van der Waals surface area contributed by atoms with Gasteiger partial charge >= 0.3 is 0 Å². The third-order valence-corrected chi connectivity index (χ3v) is 5.54. The molecule has 0 heterocycles. The van der Waals surface area contributed by atoms with Gasteiger partial charge in [0.2, 0.25) is 0 Å². The van der Waals surface area contributed by atoms with E-state index in [-0.39, 0.29) is 0 Å². The summed E-state index contributed by atoms with van der Waals surface area (Å²) in [5.74, 6) is 0. The molecule has 0 saturated heterocycles. The molecule has 2 heteroatoms. The molecule has 0 aliphatic carbocycles. The van der Waals surface area contributed by atoms with Gasteiger partial charge in [-0.25, -0.2) is 0 Å². The second-order valence-electron chi connectivity index (χ2n) is 7.85. The average molecular weight is 391 g/mol. The molecular formula is C27H38N2. The number of nitrogens with one attached hydrogen (secondary N) is 2. The first-order chi connectivity index (χ1) is 14.2. The van der Waals surface area contributed by atoms with Crippen LogP contribution in [0.15, 0.2) is 85.5 Å². The summed E-state index contributed by atoms with van der Waals surface area (Å²) in [6.07, 6.45) is 10.7. The first kappa shape index (κ1) is 23.1. The van der Waals surface area contributed by atoms with E-state index in [9.17, 15) is 0 Å². The fourth-order valence-corrected chi connectivity index (χ4v) is 3.81. The van der Waals surface area contributed by atoms with E-state index in [1.54, 1.807) is 0 Å².